The topological polar surface area (TPSA) is 46.2 Å². The van der Waals surface area contributed by atoms with Gasteiger partial charge in [-0.15, -0.1) is 11.6 Å². The van der Waals surface area contributed by atoms with Gasteiger partial charge in [-0.2, -0.15) is 0 Å². The molecule has 1 saturated carbocycles. The van der Waals surface area contributed by atoms with Gasteiger partial charge in [0.25, 0.3) is 0 Å². The molecule has 5 heteroatoms. The van der Waals surface area contributed by atoms with Gasteiger partial charge >= 0.3 is 0 Å². The highest BCUT2D eigenvalue weighted by atomic mass is 35.5. The molecule has 1 aliphatic rings. The van der Waals surface area contributed by atoms with E-state index in [0.717, 1.165) is 19.3 Å². The Labute approximate surface area is 117 Å². The van der Waals surface area contributed by atoms with Crippen molar-refractivity contribution in [3.8, 4) is 0 Å². The maximum atomic E-state index is 12.1. The molecule has 0 spiro atoms. The van der Waals surface area contributed by atoms with E-state index in [1.807, 2.05) is 6.92 Å². The molecule has 0 aromatic rings. The fourth-order valence-corrected chi connectivity index (χ4v) is 4.76. The van der Waals surface area contributed by atoms with Gasteiger partial charge in [0.15, 0.2) is 0 Å². The number of halogens is 1. The SMILES string of the molecule is CC(CCl)CS(=O)(=O)NC1CCCCC1C(C)C. The summed E-state index contributed by atoms with van der Waals surface area (Å²) < 4.78 is 27.0. The summed E-state index contributed by atoms with van der Waals surface area (Å²) in [5.74, 6) is 1.53. The first-order valence-corrected chi connectivity index (χ1v) is 9.10. The summed E-state index contributed by atoms with van der Waals surface area (Å²) in [7, 11) is -3.19. The van der Waals surface area contributed by atoms with Crippen LogP contribution >= 0.6 is 11.6 Å². The molecule has 0 amide bonds. The first kappa shape index (κ1) is 16.3. The summed E-state index contributed by atoms with van der Waals surface area (Å²) in [5, 5.41) is 0. The third kappa shape index (κ3) is 5.06. The minimum absolute atomic E-state index is 0.00487. The van der Waals surface area contributed by atoms with Crippen LogP contribution in [0, 0.1) is 17.8 Å². The molecule has 3 nitrogen and oxygen atoms in total. The Morgan fingerprint density at radius 2 is 1.83 bits per heavy atom. The standard InChI is InChI=1S/C13H26ClNO2S/c1-10(2)12-6-4-5-7-13(12)15-18(16,17)9-11(3)8-14/h10-13,15H,4-9H2,1-3H3. The quantitative estimate of drug-likeness (QED) is 0.766. The van der Waals surface area contributed by atoms with Crippen LogP contribution in [-0.2, 0) is 10.0 Å². The van der Waals surface area contributed by atoms with Crippen molar-refractivity contribution in [1.82, 2.24) is 4.72 Å². The van der Waals surface area contributed by atoms with Gasteiger partial charge in [-0.25, -0.2) is 13.1 Å². The minimum Gasteiger partial charge on any atom is -0.212 e. The minimum atomic E-state index is -3.19. The van der Waals surface area contributed by atoms with Gasteiger partial charge in [0.2, 0.25) is 10.0 Å². The monoisotopic (exact) mass is 295 g/mol. The van der Waals surface area contributed by atoms with Gasteiger partial charge < -0.3 is 0 Å². The zero-order valence-electron chi connectivity index (χ0n) is 11.7. The average Bonchev–Trinajstić information content (AvgIpc) is 2.28. The summed E-state index contributed by atoms with van der Waals surface area (Å²) in [6.07, 6.45) is 4.45. The number of hydrogen-bond acceptors (Lipinski definition) is 2. The Morgan fingerprint density at radius 1 is 1.22 bits per heavy atom. The molecule has 0 aromatic heterocycles. The lowest BCUT2D eigenvalue weighted by molar-refractivity contribution is 0.226. The van der Waals surface area contributed by atoms with Crippen molar-refractivity contribution in [3.05, 3.63) is 0 Å². The number of hydrogen-bond donors (Lipinski definition) is 1. The van der Waals surface area contributed by atoms with Crippen LogP contribution in [0.4, 0.5) is 0 Å². The molecule has 0 saturated heterocycles. The van der Waals surface area contributed by atoms with Gasteiger partial charge in [-0.1, -0.05) is 33.6 Å². The zero-order valence-corrected chi connectivity index (χ0v) is 13.2. The average molecular weight is 296 g/mol. The second kappa shape index (κ2) is 7.11. The van der Waals surface area contributed by atoms with Crippen LogP contribution in [0.2, 0.25) is 0 Å². The summed E-state index contributed by atoms with van der Waals surface area (Å²) >= 11 is 5.69. The maximum absolute atomic E-state index is 12.1. The molecule has 18 heavy (non-hydrogen) atoms. The summed E-state index contributed by atoms with van der Waals surface area (Å²) in [6.45, 7) is 6.23. The lowest BCUT2D eigenvalue weighted by Gasteiger charge is -2.34. The number of sulfonamides is 1. The fraction of sp³-hybridized carbons (Fsp3) is 1.00. The molecule has 3 unspecified atom stereocenters. The molecule has 1 fully saturated rings. The third-order valence-corrected chi connectivity index (χ3v) is 5.97. The Balaban J connectivity index is 2.63. The molecule has 0 aromatic carbocycles. The van der Waals surface area contributed by atoms with E-state index in [4.69, 9.17) is 11.6 Å². The summed E-state index contributed by atoms with van der Waals surface area (Å²) in [4.78, 5) is 0. The van der Waals surface area contributed by atoms with Crippen LogP contribution in [0.5, 0.6) is 0 Å². The second-order valence-corrected chi connectivity index (χ2v) is 8.06. The normalized spacial score (nSPS) is 27.4. The molecule has 0 radical (unpaired) electrons. The van der Waals surface area contributed by atoms with Crippen LogP contribution in [0.15, 0.2) is 0 Å². The van der Waals surface area contributed by atoms with Gasteiger partial charge in [0.05, 0.1) is 5.75 Å². The van der Waals surface area contributed by atoms with Crippen LogP contribution < -0.4 is 4.72 Å². The van der Waals surface area contributed by atoms with E-state index >= 15 is 0 Å². The molecular weight excluding hydrogens is 270 g/mol. The van der Waals surface area contributed by atoms with Crippen molar-refractivity contribution in [2.45, 2.75) is 52.5 Å². The Morgan fingerprint density at radius 3 is 2.39 bits per heavy atom. The first-order valence-electron chi connectivity index (χ1n) is 6.91. The van der Waals surface area contributed by atoms with Crippen molar-refractivity contribution in [2.75, 3.05) is 11.6 Å². The van der Waals surface area contributed by atoms with E-state index in [0.29, 0.717) is 17.7 Å². The van der Waals surface area contributed by atoms with Crippen LogP contribution in [-0.4, -0.2) is 26.1 Å². The number of nitrogens with one attached hydrogen (secondary N) is 1. The fourth-order valence-electron chi connectivity index (χ4n) is 2.80. The van der Waals surface area contributed by atoms with Crippen molar-refractivity contribution >= 4 is 21.6 Å². The summed E-state index contributed by atoms with van der Waals surface area (Å²) in [5.41, 5.74) is 0. The molecule has 1 N–H and O–H groups in total. The highest BCUT2D eigenvalue weighted by molar-refractivity contribution is 7.89. The molecular formula is C13H26ClNO2S. The van der Waals surface area contributed by atoms with Crippen molar-refractivity contribution in [1.29, 1.82) is 0 Å². The second-order valence-electron chi connectivity index (χ2n) is 5.96. The molecule has 108 valence electrons. The van der Waals surface area contributed by atoms with E-state index in [1.54, 1.807) is 0 Å². The molecule has 1 rings (SSSR count). The van der Waals surface area contributed by atoms with E-state index in [-0.39, 0.29) is 17.7 Å². The first-order chi connectivity index (χ1) is 8.35. The predicted octanol–water partition coefficient (Wildman–Crippen LogP) is 3.00. The van der Waals surface area contributed by atoms with Gasteiger partial charge in [-0.3, -0.25) is 0 Å². The van der Waals surface area contributed by atoms with Crippen molar-refractivity contribution in [3.63, 3.8) is 0 Å². The Hall–Kier alpha value is 0.200. The molecule has 3 atom stereocenters. The van der Waals surface area contributed by atoms with Crippen molar-refractivity contribution in [2.24, 2.45) is 17.8 Å². The van der Waals surface area contributed by atoms with Crippen LogP contribution in [0.3, 0.4) is 0 Å². The van der Waals surface area contributed by atoms with Gasteiger partial charge in [-0.05, 0) is 30.6 Å². The summed E-state index contributed by atoms with van der Waals surface area (Å²) in [6, 6.07) is 0.117. The number of alkyl halides is 1. The number of rotatable bonds is 6. The largest absolute Gasteiger partial charge is 0.212 e. The van der Waals surface area contributed by atoms with E-state index in [1.165, 1.54) is 6.42 Å². The smallest absolute Gasteiger partial charge is 0.212 e. The zero-order chi connectivity index (χ0) is 13.8. The molecule has 1 aliphatic carbocycles. The lowest BCUT2D eigenvalue weighted by Crippen LogP contribution is -2.45. The lowest BCUT2D eigenvalue weighted by atomic mass is 9.78. The van der Waals surface area contributed by atoms with E-state index < -0.39 is 10.0 Å². The maximum Gasteiger partial charge on any atom is 0.212 e. The van der Waals surface area contributed by atoms with Crippen molar-refractivity contribution < 1.29 is 8.42 Å². The molecule has 0 aliphatic heterocycles. The highest BCUT2D eigenvalue weighted by Gasteiger charge is 2.30. The van der Waals surface area contributed by atoms with E-state index in [9.17, 15) is 8.42 Å². The van der Waals surface area contributed by atoms with Crippen LogP contribution in [0.25, 0.3) is 0 Å². The molecule has 0 bridgehead atoms. The van der Waals surface area contributed by atoms with Gasteiger partial charge in [0, 0.05) is 11.9 Å². The third-order valence-electron chi connectivity index (χ3n) is 3.77. The highest BCUT2D eigenvalue weighted by Crippen LogP contribution is 2.30. The van der Waals surface area contributed by atoms with E-state index in [2.05, 4.69) is 18.6 Å². The predicted molar refractivity (Wildman–Crippen MR) is 77.4 cm³/mol. The van der Waals surface area contributed by atoms with Gasteiger partial charge in [0.1, 0.15) is 0 Å². The Kier molecular flexibility index (Phi) is 6.42. The van der Waals surface area contributed by atoms with Crippen LogP contribution in [0.1, 0.15) is 46.5 Å². The Bertz CT molecular complexity index is 343. The molecule has 0 heterocycles.